The van der Waals surface area contributed by atoms with Crippen LogP contribution in [0, 0.1) is 6.92 Å². The zero-order valence-electron chi connectivity index (χ0n) is 7.33. The van der Waals surface area contributed by atoms with E-state index in [1.54, 1.807) is 0 Å². The molecule has 1 aromatic carbocycles. The quantitative estimate of drug-likeness (QED) is 0.611. The third-order valence-electron chi connectivity index (χ3n) is 2.03. The van der Waals surface area contributed by atoms with Gasteiger partial charge in [-0.1, -0.05) is 24.3 Å². The third-order valence-corrected chi connectivity index (χ3v) is 2.03. The Balaban J connectivity index is 2.93. The zero-order valence-corrected chi connectivity index (χ0v) is 7.33. The molecule has 0 unspecified atom stereocenters. The molecular weight excluding hydrogens is 134 g/mol. The molecule has 0 fully saturated rings. The van der Waals surface area contributed by atoms with Crippen molar-refractivity contribution in [3.05, 3.63) is 35.4 Å². The predicted octanol–water partition coefficient (Wildman–Crippen LogP) is 2.29. The van der Waals surface area contributed by atoms with Crippen LogP contribution in [0.4, 0.5) is 0 Å². The number of benzene rings is 1. The highest BCUT2D eigenvalue weighted by Gasteiger charge is 2.04. The highest BCUT2D eigenvalue weighted by atomic mass is 14.9. The minimum Gasteiger partial charge on any atom is -0.237 e. The first-order valence-corrected chi connectivity index (χ1v) is 3.90. The van der Waals surface area contributed by atoms with Gasteiger partial charge in [0.2, 0.25) is 0 Å². The fourth-order valence-electron chi connectivity index (χ4n) is 1.19. The molecule has 1 nitrogen and oxygen atoms in total. The summed E-state index contributed by atoms with van der Waals surface area (Å²) in [7, 11) is 1.86. The summed E-state index contributed by atoms with van der Waals surface area (Å²) in [6, 6.07) is 8.70. The summed E-state index contributed by atoms with van der Waals surface area (Å²) in [6.07, 6.45) is 0. The molecule has 1 atom stereocenters. The molecule has 0 amide bonds. The average molecular weight is 148 g/mol. The number of rotatable bonds is 2. The van der Waals surface area contributed by atoms with E-state index in [4.69, 9.17) is 0 Å². The second-order valence-electron chi connectivity index (χ2n) is 2.79. The maximum atomic E-state index is 4.22. The van der Waals surface area contributed by atoms with Crippen LogP contribution in [-0.2, 0) is 0 Å². The van der Waals surface area contributed by atoms with Gasteiger partial charge in [0.1, 0.15) is 0 Å². The summed E-state index contributed by atoms with van der Waals surface area (Å²) >= 11 is 0. The lowest BCUT2D eigenvalue weighted by Crippen LogP contribution is -2.06. The summed E-state index contributed by atoms with van der Waals surface area (Å²) in [5.41, 5.74) is 2.65. The van der Waals surface area contributed by atoms with Crippen LogP contribution in [0.5, 0.6) is 0 Å². The van der Waals surface area contributed by atoms with E-state index in [1.165, 1.54) is 11.1 Å². The van der Waals surface area contributed by atoms with Crippen molar-refractivity contribution in [2.75, 3.05) is 7.05 Å². The van der Waals surface area contributed by atoms with E-state index < -0.39 is 0 Å². The van der Waals surface area contributed by atoms with Crippen molar-refractivity contribution >= 4 is 0 Å². The van der Waals surface area contributed by atoms with E-state index in [1.807, 2.05) is 7.05 Å². The van der Waals surface area contributed by atoms with Crippen molar-refractivity contribution < 1.29 is 0 Å². The first kappa shape index (κ1) is 8.28. The Kier molecular flexibility index (Phi) is 2.66. The van der Waals surface area contributed by atoms with Crippen molar-refractivity contribution in [3.63, 3.8) is 0 Å². The standard InChI is InChI=1S/C10H14N/c1-8-6-4-5-7-10(8)9(2)11-3/h4-7,9H,1-3H3/t9-/m1/s1. The fourth-order valence-corrected chi connectivity index (χ4v) is 1.19. The number of hydrogen-bond acceptors (Lipinski definition) is 0. The summed E-state index contributed by atoms with van der Waals surface area (Å²) in [6.45, 7) is 4.24. The van der Waals surface area contributed by atoms with Crippen LogP contribution in [0.3, 0.4) is 0 Å². The Labute approximate surface area is 68.4 Å². The molecule has 0 saturated heterocycles. The molecule has 0 saturated carbocycles. The summed E-state index contributed by atoms with van der Waals surface area (Å²) in [4.78, 5) is 0. The van der Waals surface area contributed by atoms with Crippen molar-refractivity contribution in [2.24, 2.45) is 0 Å². The van der Waals surface area contributed by atoms with E-state index in [-0.39, 0.29) is 0 Å². The normalized spacial score (nSPS) is 13.0. The zero-order chi connectivity index (χ0) is 8.27. The lowest BCUT2D eigenvalue weighted by Gasteiger charge is -2.11. The molecule has 1 rings (SSSR count). The SMILES string of the molecule is C[N][C@H](C)c1ccccc1C. The lowest BCUT2D eigenvalue weighted by molar-refractivity contribution is 0.635. The second kappa shape index (κ2) is 3.54. The number of hydrogen-bond donors (Lipinski definition) is 0. The third kappa shape index (κ3) is 1.81. The van der Waals surface area contributed by atoms with Gasteiger partial charge in [-0.15, -0.1) is 0 Å². The Morgan fingerprint density at radius 2 is 1.91 bits per heavy atom. The van der Waals surface area contributed by atoms with Gasteiger partial charge >= 0.3 is 0 Å². The van der Waals surface area contributed by atoms with Gasteiger partial charge < -0.3 is 0 Å². The smallest absolute Gasteiger partial charge is 0.0466 e. The first-order chi connectivity index (χ1) is 5.25. The van der Waals surface area contributed by atoms with Crippen LogP contribution in [0.2, 0.25) is 0 Å². The topological polar surface area (TPSA) is 14.1 Å². The van der Waals surface area contributed by atoms with Gasteiger partial charge in [-0.25, -0.2) is 5.32 Å². The highest BCUT2D eigenvalue weighted by molar-refractivity contribution is 5.27. The Morgan fingerprint density at radius 1 is 1.27 bits per heavy atom. The van der Waals surface area contributed by atoms with Crippen molar-refractivity contribution in [3.8, 4) is 0 Å². The van der Waals surface area contributed by atoms with Crippen molar-refractivity contribution in [1.82, 2.24) is 5.32 Å². The minimum atomic E-state index is 0.330. The molecule has 0 spiro atoms. The predicted molar refractivity (Wildman–Crippen MR) is 47.7 cm³/mol. The van der Waals surface area contributed by atoms with Crippen LogP contribution in [0.15, 0.2) is 24.3 Å². The van der Waals surface area contributed by atoms with Crippen LogP contribution in [-0.4, -0.2) is 7.05 Å². The van der Waals surface area contributed by atoms with E-state index in [0.717, 1.165) is 0 Å². The van der Waals surface area contributed by atoms with Gasteiger partial charge in [-0.2, -0.15) is 0 Å². The molecule has 0 bridgehead atoms. The van der Waals surface area contributed by atoms with Gasteiger partial charge in [-0.05, 0) is 25.0 Å². The summed E-state index contributed by atoms with van der Waals surface area (Å²) in [5.74, 6) is 0. The molecule has 0 heterocycles. The number of nitrogens with zero attached hydrogens (tertiary/aromatic N) is 1. The lowest BCUT2D eigenvalue weighted by atomic mass is 10.0. The first-order valence-electron chi connectivity index (χ1n) is 3.90. The molecule has 0 N–H and O–H groups in total. The molecule has 0 aliphatic heterocycles. The molecule has 59 valence electrons. The highest BCUT2D eigenvalue weighted by Crippen LogP contribution is 2.16. The monoisotopic (exact) mass is 148 g/mol. The van der Waals surface area contributed by atoms with Gasteiger partial charge in [0.25, 0.3) is 0 Å². The van der Waals surface area contributed by atoms with Crippen LogP contribution in [0.1, 0.15) is 24.1 Å². The Morgan fingerprint density at radius 3 is 2.45 bits per heavy atom. The second-order valence-corrected chi connectivity index (χ2v) is 2.79. The molecule has 0 aliphatic carbocycles. The molecule has 11 heavy (non-hydrogen) atoms. The van der Waals surface area contributed by atoms with E-state index >= 15 is 0 Å². The van der Waals surface area contributed by atoms with Gasteiger partial charge in [-0.3, -0.25) is 0 Å². The maximum Gasteiger partial charge on any atom is 0.0466 e. The van der Waals surface area contributed by atoms with E-state index in [2.05, 4.69) is 43.4 Å². The fraction of sp³-hybridized carbons (Fsp3) is 0.400. The van der Waals surface area contributed by atoms with Crippen LogP contribution in [0.25, 0.3) is 0 Å². The van der Waals surface area contributed by atoms with Gasteiger partial charge in [0.15, 0.2) is 0 Å². The van der Waals surface area contributed by atoms with Crippen molar-refractivity contribution in [2.45, 2.75) is 19.9 Å². The summed E-state index contributed by atoms with van der Waals surface area (Å²) < 4.78 is 0. The average Bonchev–Trinajstić information content (AvgIpc) is 2.04. The van der Waals surface area contributed by atoms with Gasteiger partial charge in [0.05, 0.1) is 0 Å². The molecule has 0 aliphatic rings. The van der Waals surface area contributed by atoms with Gasteiger partial charge in [0, 0.05) is 13.1 Å². The van der Waals surface area contributed by atoms with Crippen LogP contribution < -0.4 is 5.32 Å². The summed E-state index contributed by atoms with van der Waals surface area (Å²) in [5, 5.41) is 4.22. The number of aryl methyl sites for hydroxylation is 1. The molecular formula is C10H14N. The molecule has 1 radical (unpaired) electrons. The van der Waals surface area contributed by atoms with E-state index in [9.17, 15) is 0 Å². The molecule has 1 aromatic rings. The minimum absolute atomic E-state index is 0.330. The van der Waals surface area contributed by atoms with Crippen molar-refractivity contribution in [1.29, 1.82) is 0 Å². The molecule has 1 heteroatoms. The largest absolute Gasteiger partial charge is 0.237 e. The van der Waals surface area contributed by atoms with Crippen LogP contribution >= 0.6 is 0 Å². The maximum absolute atomic E-state index is 4.22. The molecule has 0 aromatic heterocycles. The Bertz CT molecular complexity index is 230. The van der Waals surface area contributed by atoms with E-state index in [0.29, 0.717) is 6.04 Å². The Hall–Kier alpha value is -0.820.